The molecule has 0 atom stereocenters. The average molecular weight is 441 g/mol. The standard InChI is InChI=1S/C22H23N3O7/c1-29-16-8-6-5-7-14(16)23-18(26)12-25-21(27)15(24-22(25)28)11-13-9-10-17(30-2)20(32-4)19(13)31-3/h5-11H,12H2,1-4H3,(H,23,26)(H,24,28). The largest absolute Gasteiger partial charge is 0.495 e. The smallest absolute Gasteiger partial charge is 0.329 e. The quantitative estimate of drug-likeness (QED) is 0.477. The van der Waals surface area contributed by atoms with Crippen LogP contribution < -0.4 is 29.6 Å². The number of methoxy groups -OCH3 is 4. The number of hydrogen-bond donors (Lipinski definition) is 2. The fourth-order valence-electron chi connectivity index (χ4n) is 3.19. The number of imide groups is 1. The van der Waals surface area contributed by atoms with Gasteiger partial charge in [-0.05, 0) is 30.3 Å². The monoisotopic (exact) mass is 441 g/mol. The van der Waals surface area contributed by atoms with Crippen LogP contribution in [0.15, 0.2) is 42.1 Å². The summed E-state index contributed by atoms with van der Waals surface area (Å²) in [5, 5.41) is 5.11. The number of ether oxygens (including phenoxy) is 4. The summed E-state index contributed by atoms with van der Waals surface area (Å²) in [7, 11) is 5.87. The molecule has 3 rings (SSSR count). The maximum absolute atomic E-state index is 12.8. The van der Waals surface area contributed by atoms with E-state index in [-0.39, 0.29) is 5.70 Å². The number of rotatable bonds is 8. The number of carbonyl (C=O) groups excluding carboxylic acids is 3. The number of amides is 4. The normalized spacial score (nSPS) is 14.2. The molecule has 2 aromatic carbocycles. The number of urea groups is 1. The first-order valence-corrected chi connectivity index (χ1v) is 9.49. The van der Waals surface area contributed by atoms with E-state index in [1.54, 1.807) is 36.4 Å². The minimum atomic E-state index is -0.712. The predicted octanol–water partition coefficient (Wildman–Crippen LogP) is 2.25. The summed E-state index contributed by atoms with van der Waals surface area (Å²) in [6.45, 7) is -0.469. The fourth-order valence-corrected chi connectivity index (χ4v) is 3.19. The molecule has 1 aliphatic heterocycles. The lowest BCUT2D eigenvalue weighted by molar-refractivity contribution is -0.127. The van der Waals surface area contributed by atoms with Gasteiger partial charge in [0.25, 0.3) is 5.91 Å². The molecule has 4 amide bonds. The number of hydrogen-bond acceptors (Lipinski definition) is 7. The van der Waals surface area contributed by atoms with Gasteiger partial charge in [0.2, 0.25) is 11.7 Å². The average Bonchev–Trinajstić information content (AvgIpc) is 3.06. The van der Waals surface area contributed by atoms with E-state index in [1.165, 1.54) is 34.5 Å². The van der Waals surface area contributed by atoms with Crippen LogP contribution in [-0.4, -0.2) is 57.7 Å². The number of anilines is 1. The van der Waals surface area contributed by atoms with Crippen molar-refractivity contribution in [1.82, 2.24) is 10.2 Å². The van der Waals surface area contributed by atoms with Crippen molar-refractivity contribution in [3.8, 4) is 23.0 Å². The van der Waals surface area contributed by atoms with Crippen molar-refractivity contribution >= 4 is 29.6 Å². The van der Waals surface area contributed by atoms with Crippen molar-refractivity contribution in [3.05, 3.63) is 47.7 Å². The molecule has 10 nitrogen and oxygen atoms in total. The van der Waals surface area contributed by atoms with Crippen LogP contribution in [0.2, 0.25) is 0 Å². The van der Waals surface area contributed by atoms with Gasteiger partial charge in [0.15, 0.2) is 11.5 Å². The lowest BCUT2D eigenvalue weighted by Gasteiger charge is -2.14. The van der Waals surface area contributed by atoms with Gasteiger partial charge in [-0.1, -0.05) is 12.1 Å². The van der Waals surface area contributed by atoms with Crippen LogP contribution in [0.25, 0.3) is 6.08 Å². The highest BCUT2D eigenvalue weighted by molar-refractivity contribution is 6.16. The van der Waals surface area contributed by atoms with E-state index in [0.717, 1.165) is 4.90 Å². The Morgan fingerprint density at radius 3 is 2.28 bits per heavy atom. The highest BCUT2D eigenvalue weighted by Gasteiger charge is 2.35. The summed E-state index contributed by atoms with van der Waals surface area (Å²) < 4.78 is 21.2. The van der Waals surface area contributed by atoms with Gasteiger partial charge in [0.1, 0.15) is 18.0 Å². The molecule has 0 radical (unpaired) electrons. The number of para-hydroxylation sites is 2. The van der Waals surface area contributed by atoms with Crippen molar-refractivity contribution in [3.63, 3.8) is 0 Å². The molecule has 10 heteroatoms. The maximum Gasteiger partial charge on any atom is 0.329 e. The third-order valence-electron chi connectivity index (χ3n) is 4.68. The van der Waals surface area contributed by atoms with Gasteiger partial charge in [-0.2, -0.15) is 0 Å². The Balaban J connectivity index is 1.80. The first-order valence-electron chi connectivity index (χ1n) is 9.49. The molecule has 1 heterocycles. The first kappa shape index (κ1) is 22.5. The second-order valence-corrected chi connectivity index (χ2v) is 6.55. The van der Waals surface area contributed by atoms with Crippen LogP contribution in [0.1, 0.15) is 5.56 Å². The van der Waals surface area contributed by atoms with Gasteiger partial charge >= 0.3 is 6.03 Å². The third kappa shape index (κ3) is 4.43. The fraction of sp³-hybridized carbons (Fsp3) is 0.227. The van der Waals surface area contributed by atoms with Gasteiger partial charge in [-0.15, -0.1) is 0 Å². The molecular weight excluding hydrogens is 418 g/mol. The summed E-state index contributed by atoms with van der Waals surface area (Å²) in [5.41, 5.74) is 0.901. The van der Waals surface area contributed by atoms with E-state index in [1.807, 2.05) is 0 Å². The number of benzene rings is 2. The third-order valence-corrected chi connectivity index (χ3v) is 4.68. The molecule has 0 aliphatic carbocycles. The number of nitrogens with one attached hydrogen (secondary N) is 2. The number of carbonyl (C=O) groups is 3. The second kappa shape index (κ2) is 9.73. The Labute approximate surface area is 184 Å². The lowest BCUT2D eigenvalue weighted by Crippen LogP contribution is -2.38. The van der Waals surface area contributed by atoms with E-state index in [2.05, 4.69) is 10.6 Å². The molecule has 0 unspecified atom stereocenters. The van der Waals surface area contributed by atoms with Crippen molar-refractivity contribution in [2.75, 3.05) is 40.3 Å². The summed E-state index contributed by atoms with van der Waals surface area (Å²) in [5.74, 6) is 0.370. The second-order valence-electron chi connectivity index (χ2n) is 6.55. The minimum Gasteiger partial charge on any atom is -0.495 e. The molecule has 0 saturated carbocycles. The SMILES string of the molecule is COc1ccccc1NC(=O)CN1C(=O)NC(=Cc2ccc(OC)c(OC)c2OC)C1=O. The van der Waals surface area contributed by atoms with Crippen LogP contribution >= 0.6 is 0 Å². The van der Waals surface area contributed by atoms with Crippen LogP contribution in [0, 0.1) is 0 Å². The molecule has 168 valence electrons. The molecule has 1 fully saturated rings. The van der Waals surface area contributed by atoms with Crippen LogP contribution in [0.3, 0.4) is 0 Å². The predicted molar refractivity (Wildman–Crippen MR) is 116 cm³/mol. The van der Waals surface area contributed by atoms with E-state index in [4.69, 9.17) is 18.9 Å². The van der Waals surface area contributed by atoms with Crippen LogP contribution in [0.4, 0.5) is 10.5 Å². The van der Waals surface area contributed by atoms with E-state index in [9.17, 15) is 14.4 Å². The van der Waals surface area contributed by atoms with E-state index in [0.29, 0.717) is 34.2 Å². The number of nitrogens with zero attached hydrogens (tertiary/aromatic N) is 1. The van der Waals surface area contributed by atoms with Crippen LogP contribution in [-0.2, 0) is 9.59 Å². The van der Waals surface area contributed by atoms with Crippen LogP contribution in [0.5, 0.6) is 23.0 Å². The van der Waals surface area contributed by atoms with E-state index >= 15 is 0 Å². The molecular formula is C22H23N3O7. The van der Waals surface area contributed by atoms with Crippen molar-refractivity contribution in [2.45, 2.75) is 0 Å². The zero-order chi connectivity index (χ0) is 23.3. The summed E-state index contributed by atoms with van der Waals surface area (Å²) in [6.07, 6.45) is 1.44. The molecule has 0 aromatic heterocycles. The topological polar surface area (TPSA) is 115 Å². The Kier molecular flexibility index (Phi) is 6.83. The highest BCUT2D eigenvalue weighted by atomic mass is 16.5. The Morgan fingerprint density at radius 2 is 1.62 bits per heavy atom. The lowest BCUT2D eigenvalue weighted by atomic mass is 10.1. The van der Waals surface area contributed by atoms with Crippen molar-refractivity contribution in [2.24, 2.45) is 0 Å². The summed E-state index contributed by atoms with van der Waals surface area (Å²) >= 11 is 0. The highest BCUT2D eigenvalue weighted by Crippen LogP contribution is 2.40. The molecule has 1 aliphatic rings. The molecule has 0 spiro atoms. The first-order chi connectivity index (χ1) is 15.4. The zero-order valence-corrected chi connectivity index (χ0v) is 18.1. The molecule has 1 saturated heterocycles. The van der Waals surface area contributed by atoms with Gasteiger partial charge in [-0.3, -0.25) is 9.59 Å². The molecule has 0 bridgehead atoms. The Bertz CT molecular complexity index is 1080. The summed E-state index contributed by atoms with van der Waals surface area (Å²) in [6, 6.07) is 9.40. The van der Waals surface area contributed by atoms with Crippen molar-refractivity contribution in [1.29, 1.82) is 0 Å². The van der Waals surface area contributed by atoms with Gasteiger partial charge in [-0.25, -0.2) is 9.69 Å². The summed E-state index contributed by atoms with van der Waals surface area (Å²) in [4.78, 5) is 38.4. The molecule has 32 heavy (non-hydrogen) atoms. The molecule has 2 N–H and O–H groups in total. The van der Waals surface area contributed by atoms with Gasteiger partial charge < -0.3 is 29.6 Å². The Morgan fingerprint density at radius 1 is 0.938 bits per heavy atom. The van der Waals surface area contributed by atoms with Crippen molar-refractivity contribution < 1.29 is 33.3 Å². The van der Waals surface area contributed by atoms with E-state index < -0.39 is 24.4 Å². The Hall–Kier alpha value is -4.21. The maximum atomic E-state index is 12.8. The van der Waals surface area contributed by atoms with Gasteiger partial charge in [0, 0.05) is 5.56 Å². The zero-order valence-electron chi connectivity index (χ0n) is 18.1. The minimum absolute atomic E-state index is 0.00869. The van der Waals surface area contributed by atoms with Gasteiger partial charge in [0.05, 0.1) is 34.1 Å². The molecule has 2 aromatic rings.